The molecule has 0 aromatic heterocycles. The van der Waals surface area contributed by atoms with Crippen LogP contribution in [0.5, 0.6) is 0 Å². The first kappa shape index (κ1) is 28.5. The van der Waals surface area contributed by atoms with Gasteiger partial charge in [0.25, 0.3) is 0 Å². The largest absolute Gasteiger partial charge is 0.116 e. The molecule has 0 saturated heterocycles. The summed E-state index contributed by atoms with van der Waals surface area (Å²) in [4.78, 5) is 3.78. The second-order valence-corrected chi connectivity index (χ2v) is 13.7. The summed E-state index contributed by atoms with van der Waals surface area (Å²) < 4.78 is -0.410. The average molecular weight is 597 g/mol. The van der Waals surface area contributed by atoms with Gasteiger partial charge in [0, 0.05) is 14.7 Å². The van der Waals surface area contributed by atoms with E-state index in [9.17, 15) is 0 Å². The predicted molar refractivity (Wildman–Crippen MR) is 183 cm³/mol. The van der Waals surface area contributed by atoms with Gasteiger partial charge in [0.15, 0.2) is 0 Å². The molecule has 0 aliphatic heterocycles. The van der Waals surface area contributed by atoms with Gasteiger partial charge in [-0.05, 0) is 53.1 Å². The second kappa shape index (κ2) is 14.0. The third-order valence-electron chi connectivity index (χ3n) is 7.23. The van der Waals surface area contributed by atoms with Crippen molar-refractivity contribution < 1.29 is 0 Å². The van der Waals surface area contributed by atoms with E-state index in [-0.39, 0.29) is 10.5 Å². The molecule has 0 saturated carbocycles. The summed E-state index contributed by atoms with van der Waals surface area (Å²) in [6.45, 7) is 0. The summed E-state index contributed by atoms with van der Waals surface area (Å²) in [5.41, 5.74) is 3.94. The Morgan fingerprint density at radius 2 is 0.643 bits per heavy atom. The lowest BCUT2D eigenvalue weighted by Gasteiger charge is -2.46. The summed E-state index contributed by atoms with van der Waals surface area (Å²) in [6, 6.07) is 66.0. The molecule has 6 aromatic rings. The predicted octanol–water partition coefficient (Wildman–Crippen LogP) is 11.7. The fourth-order valence-electron chi connectivity index (χ4n) is 5.32. The Labute approximate surface area is 262 Å². The Bertz CT molecular complexity index is 1540. The molecule has 0 fully saturated rings. The van der Waals surface area contributed by atoms with Crippen molar-refractivity contribution in [2.75, 3.05) is 0 Å². The minimum Gasteiger partial charge on any atom is -0.116 e. The average Bonchev–Trinajstić information content (AvgIpc) is 3.08. The van der Waals surface area contributed by atoms with Crippen molar-refractivity contribution in [3.63, 3.8) is 0 Å². The highest BCUT2D eigenvalue weighted by molar-refractivity contribution is 8.05. The van der Waals surface area contributed by atoms with E-state index in [1.807, 2.05) is 35.3 Å². The van der Waals surface area contributed by atoms with E-state index in [4.69, 9.17) is 0 Å². The molecule has 2 atom stereocenters. The van der Waals surface area contributed by atoms with E-state index < -0.39 is 4.75 Å². The zero-order chi connectivity index (χ0) is 28.5. The molecule has 42 heavy (non-hydrogen) atoms. The number of hydrogen-bond acceptors (Lipinski definition) is 3. The minimum absolute atomic E-state index is 0.0788. The molecule has 6 aromatic carbocycles. The molecule has 0 radical (unpaired) electrons. The molecular weight excluding hydrogens is 565 g/mol. The minimum atomic E-state index is -0.410. The van der Waals surface area contributed by atoms with E-state index >= 15 is 0 Å². The fraction of sp³-hybridized carbons (Fsp3) is 0.0769. The molecule has 0 bridgehead atoms. The van der Waals surface area contributed by atoms with Gasteiger partial charge < -0.3 is 0 Å². The zero-order valence-corrected chi connectivity index (χ0v) is 25.6. The molecule has 3 heteroatoms. The fourth-order valence-corrected chi connectivity index (χ4v) is 10.1. The Morgan fingerprint density at radius 3 is 1.02 bits per heavy atom. The molecule has 0 amide bonds. The van der Waals surface area contributed by atoms with Crippen LogP contribution in [0.25, 0.3) is 0 Å². The Hall–Kier alpha value is -3.63. The van der Waals surface area contributed by atoms with Crippen molar-refractivity contribution >= 4 is 35.3 Å². The highest BCUT2D eigenvalue weighted by atomic mass is 32.2. The van der Waals surface area contributed by atoms with Gasteiger partial charge in [0.05, 0.1) is 15.2 Å². The first-order valence-corrected chi connectivity index (χ1v) is 16.7. The SMILES string of the molecule is c1ccc(SC(c2ccccc2)C(Sc2ccccc2)(c2ccccc2)C(Sc2ccccc2)c2ccccc2)cc1. The van der Waals surface area contributed by atoms with Crippen molar-refractivity contribution in [1.82, 2.24) is 0 Å². The summed E-state index contributed by atoms with van der Waals surface area (Å²) in [6.07, 6.45) is 0. The molecule has 0 spiro atoms. The van der Waals surface area contributed by atoms with Gasteiger partial charge in [0.1, 0.15) is 0 Å². The van der Waals surface area contributed by atoms with E-state index in [1.165, 1.54) is 31.4 Å². The monoisotopic (exact) mass is 596 g/mol. The third-order valence-corrected chi connectivity index (χ3v) is 11.9. The van der Waals surface area contributed by atoms with Gasteiger partial charge in [-0.25, -0.2) is 0 Å². The lowest BCUT2D eigenvalue weighted by atomic mass is 9.84. The van der Waals surface area contributed by atoms with E-state index in [2.05, 4.69) is 182 Å². The number of rotatable bonds is 11. The lowest BCUT2D eigenvalue weighted by molar-refractivity contribution is 0.589. The van der Waals surface area contributed by atoms with Crippen molar-refractivity contribution in [2.45, 2.75) is 29.9 Å². The topological polar surface area (TPSA) is 0 Å². The molecule has 6 rings (SSSR count). The Morgan fingerprint density at radius 1 is 0.333 bits per heavy atom. The lowest BCUT2D eigenvalue weighted by Crippen LogP contribution is -2.35. The first-order chi connectivity index (χ1) is 20.8. The number of hydrogen-bond donors (Lipinski definition) is 0. The normalized spacial score (nSPS) is 14.0. The van der Waals surface area contributed by atoms with Gasteiger partial charge in [-0.3, -0.25) is 0 Å². The van der Waals surface area contributed by atoms with Crippen LogP contribution >= 0.6 is 35.3 Å². The van der Waals surface area contributed by atoms with Crippen LogP contribution in [-0.4, -0.2) is 0 Å². The summed E-state index contributed by atoms with van der Waals surface area (Å²) in [5.74, 6) is 0. The molecule has 0 N–H and O–H groups in total. The van der Waals surface area contributed by atoms with Crippen molar-refractivity contribution in [3.05, 3.63) is 199 Å². The van der Waals surface area contributed by atoms with Gasteiger partial charge in [0.2, 0.25) is 0 Å². The van der Waals surface area contributed by atoms with Gasteiger partial charge in [-0.15, -0.1) is 35.3 Å². The molecule has 0 aliphatic carbocycles. The number of thioether (sulfide) groups is 3. The maximum absolute atomic E-state index is 2.33. The van der Waals surface area contributed by atoms with Gasteiger partial charge in [-0.2, -0.15) is 0 Å². The quantitative estimate of drug-likeness (QED) is 0.137. The molecule has 0 heterocycles. The maximum Gasteiger partial charge on any atom is 0.0780 e. The molecular formula is C39H32S3. The van der Waals surface area contributed by atoms with Crippen molar-refractivity contribution in [2.24, 2.45) is 0 Å². The van der Waals surface area contributed by atoms with E-state index in [0.29, 0.717) is 0 Å². The van der Waals surface area contributed by atoms with Crippen LogP contribution in [0.1, 0.15) is 27.2 Å². The summed E-state index contributed by atoms with van der Waals surface area (Å²) >= 11 is 5.92. The summed E-state index contributed by atoms with van der Waals surface area (Å²) in [7, 11) is 0. The van der Waals surface area contributed by atoms with Gasteiger partial charge in [-0.1, -0.05) is 146 Å². The summed E-state index contributed by atoms with van der Waals surface area (Å²) in [5, 5.41) is 0.158. The molecule has 0 aliphatic rings. The van der Waals surface area contributed by atoms with Crippen molar-refractivity contribution in [1.29, 1.82) is 0 Å². The standard InChI is InChI=1S/C39H32S3/c1-7-19-31(20-8-1)37(40-34-25-13-4-14-26-34)39(33-23-11-3-12-24-33,42-36-29-17-6-18-30-36)38(32-21-9-2-10-22-32)41-35-27-15-5-16-28-35/h1-30,37-38H. The van der Waals surface area contributed by atoms with E-state index in [1.54, 1.807) is 0 Å². The van der Waals surface area contributed by atoms with Crippen LogP contribution in [0.15, 0.2) is 197 Å². The van der Waals surface area contributed by atoms with Crippen LogP contribution in [0.4, 0.5) is 0 Å². The van der Waals surface area contributed by atoms with Crippen LogP contribution in [0.3, 0.4) is 0 Å². The van der Waals surface area contributed by atoms with Crippen molar-refractivity contribution in [3.8, 4) is 0 Å². The first-order valence-electron chi connectivity index (χ1n) is 14.2. The van der Waals surface area contributed by atoms with Crippen LogP contribution in [0, 0.1) is 0 Å². The smallest absolute Gasteiger partial charge is 0.0780 e. The molecule has 2 unspecified atom stereocenters. The highest BCUT2D eigenvalue weighted by Gasteiger charge is 2.50. The number of benzene rings is 6. The van der Waals surface area contributed by atoms with Crippen LogP contribution in [-0.2, 0) is 4.75 Å². The van der Waals surface area contributed by atoms with Crippen LogP contribution in [0.2, 0.25) is 0 Å². The molecule has 0 nitrogen and oxygen atoms in total. The molecule has 206 valence electrons. The second-order valence-electron chi connectivity index (χ2n) is 10.0. The maximum atomic E-state index is 2.33. The zero-order valence-electron chi connectivity index (χ0n) is 23.2. The Balaban J connectivity index is 1.67. The van der Waals surface area contributed by atoms with Crippen LogP contribution < -0.4 is 0 Å². The Kier molecular flexibility index (Phi) is 9.51. The van der Waals surface area contributed by atoms with Gasteiger partial charge >= 0.3 is 0 Å². The third kappa shape index (κ3) is 6.55. The highest BCUT2D eigenvalue weighted by Crippen LogP contribution is 2.66. The van der Waals surface area contributed by atoms with E-state index in [0.717, 1.165) is 0 Å².